The number of pyridine rings is 1. The zero-order valence-electron chi connectivity index (χ0n) is 11.3. The lowest BCUT2D eigenvalue weighted by Gasteiger charge is -2.32. The van der Waals surface area contributed by atoms with Crippen LogP contribution in [0.25, 0.3) is 0 Å². The van der Waals surface area contributed by atoms with E-state index in [-0.39, 0.29) is 0 Å². The van der Waals surface area contributed by atoms with E-state index < -0.39 is 0 Å². The molecule has 2 unspecified atom stereocenters. The molecule has 0 amide bonds. The average molecular weight is 244 g/mol. The fourth-order valence-corrected chi connectivity index (χ4v) is 3.45. The molecule has 0 aliphatic heterocycles. The summed E-state index contributed by atoms with van der Waals surface area (Å²) in [6, 6.07) is 7.28. The van der Waals surface area contributed by atoms with Gasteiger partial charge in [0.25, 0.3) is 0 Å². The molecule has 1 heterocycles. The second-order valence-corrected chi connectivity index (χ2v) is 6.10. The van der Waals surface area contributed by atoms with Crippen molar-refractivity contribution >= 4 is 0 Å². The molecule has 3 atom stereocenters. The number of rotatable bonds is 4. The zero-order chi connectivity index (χ0) is 12.4. The lowest BCUT2D eigenvalue weighted by atomic mass is 9.82. The number of hydrogen-bond donors (Lipinski definition) is 1. The highest BCUT2D eigenvalue weighted by Gasteiger charge is 2.34. The Hall–Kier alpha value is -0.890. The number of nitrogens with zero attached hydrogens (tertiary/aromatic N) is 1. The minimum Gasteiger partial charge on any atom is -0.306 e. The van der Waals surface area contributed by atoms with Gasteiger partial charge in [0.05, 0.1) is 5.69 Å². The summed E-state index contributed by atoms with van der Waals surface area (Å²) in [5.74, 6) is 2.08. The van der Waals surface area contributed by atoms with Crippen molar-refractivity contribution in [3.63, 3.8) is 0 Å². The van der Waals surface area contributed by atoms with Crippen LogP contribution < -0.4 is 5.32 Å². The van der Waals surface area contributed by atoms with Crippen LogP contribution in [0.4, 0.5) is 0 Å². The van der Waals surface area contributed by atoms with E-state index in [0.29, 0.717) is 12.1 Å². The van der Waals surface area contributed by atoms with Crippen LogP contribution in [-0.2, 0) is 0 Å². The van der Waals surface area contributed by atoms with E-state index in [1.165, 1.54) is 44.2 Å². The van der Waals surface area contributed by atoms with Crippen LogP contribution in [0.15, 0.2) is 24.4 Å². The molecule has 2 aliphatic carbocycles. The van der Waals surface area contributed by atoms with Gasteiger partial charge in [0, 0.05) is 18.3 Å². The quantitative estimate of drug-likeness (QED) is 0.873. The van der Waals surface area contributed by atoms with Gasteiger partial charge in [-0.05, 0) is 56.6 Å². The van der Waals surface area contributed by atoms with E-state index in [1.807, 2.05) is 12.3 Å². The SMILES string of the molecule is C[C@@H](NC1CCCC(C2CC2)C1)c1ccccn1. The van der Waals surface area contributed by atoms with Crippen molar-refractivity contribution in [2.75, 3.05) is 0 Å². The standard InChI is InChI=1S/C16H24N2/c1-12(16-7-2-3-10-17-16)18-15-6-4-5-14(11-15)13-8-9-13/h2-3,7,10,12-15,18H,4-6,8-9,11H2,1H3/t12-,14?,15?/m1/s1. The molecular weight excluding hydrogens is 220 g/mol. The monoisotopic (exact) mass is 244 g/mol. The summed E-state index contributed by atoms with van der Waals surface area (Å²) < 4.78 is 0. The molecule has 1 N–H and O–H groups in total. The molecule has 2 fully saturated rings. The van der Waals surface area contributed by atoms with Crippen molar-refractivity contribution < 1.29 is 0 Å². The number of hydrogen-bond acceptors (Lipinski definition) is 2. The Morgan fingerprint density at radius 2 is 2.06 bits per heavy atom. The Kier molecular flexibility index (Phi) is 3.64. The van der Waals surface area contributed by atoms with Crippen LogP contribution in [-0.4, -0.2) is 11.0 Å². The van der Waals surface area contributed by atoms with Gasteiger partial charge in [0.15, 0.2) is 0 Å². The molecule has 0 spiro atoms. The predicted octanol–water partition coefficient (Wildman–Crippen LogP) is 3.70. The minimum atomic E-state index is 0.383. The highest BCUT2D eigenvalue weighted by atomic mass is 15.0. The Bertz CT molecular complexity index is 372. The largest absolute Gasteiger partial charge is 0.306 e. The fourth-order valence-electron chi connectivity index (χ4n) is 3.45. The molecule has 0 bridgehead atoms. The molecular formula is C16H24N2. The van der Waals surface area contributed by atoms with Crippen molar-refractivity contribution in [3.05, 3.63) is 30.1 Å². The van der Waals surface area contributed by atoms with E-state index in [0.717, 1.165) is 11.8 Å². The Labute approximate surface area is 110 Å². The van der Waals surface area contributed by atoms with Crippen LogP contribution in [0.3, 0.4) is 0 Å². The third-order valence-electron chi connectivity index (χ3n) is 4.62. The summed E-state index contributed by atoms with van der Waals surface area (Å²) in [4.78, 5) is 4.45. The van der Waals surface area contributed by atoms with Gasteiger partial charge in [-0.15, -0.1) is 0 Å². The first-order valence-electron chi connectivity index (χ1n) is 7.50. The molecule has 1 aromatic heterocycles. The molecule has 2 heteroatoms. The normalized spacial score (nSPS) is 30.1. The first-order chi connectivity index (χ1) is 8.83. The first-order valence-corrected chi connectivity index (χ1v) is 7.50. The summed E-state index contributed by atoms with van der Waals surface area (Å²) in [6.45, 7) is 2.24. The summed E-state index contributed by atoms with van der Waals surface area (Å²) in [5, 5.41) is 3.79. The maximum Gasteiger partial charge on any atom is 0.0570 e. The summed E-state index contributed by atoms with van der Waals surface area (Å²) in [6.07, 6.45) is 10.5. The minimum absolute atomic E-state index is 0.383. The van der Waals surface area contributed by atoms with Gasteiger partial charge in [0.2, 0.25) is 0 Å². The maximum atomic E-state index is 4.45. The average Bonchev–Trinajstić information content (AvgIpc) is 3.24. The Morgan fingerprint density at radius 3 is 2.78 bits per heavy atom. The van der Waals surface area contributed by atoms with Gasteiger partial charge in [-0.2, -0.15) is 0 Å². The predicted molar refractivity (Wildman–Crippen MR) is 74.3 cm³/mol. The van der Waals surface area contributed by atoms with Gasteiger partial charge in [-0.1, -0.05) is 18.9 Å². The molecule has 2 nitrogen and oxygen atoms in total. The van der Waals surface area contributed by atoms with Crippen LogP contribution in [0.1, 0.15) is 57.2 Å². The van der Waals surface area contributed by atoms with Crippen LogP contribution in [0.5, 0.6) is 0 Å². The van der Waals surface area contributed by atoms with Crippen molar-refractivity contribution in [2.45, 2.75) is 57.5 Å². The maximum absolute atomic E-state index is 4.45. The number of aromatic nitrogens is 1. The van der Waals surface area contributed by atoms with E-state index >= 15 is 0 Å². The van der Waals surface area contributed by atoms with E-state index in [9.17, 15) is 0 Å². The Balaban J connectivity index is 1.55. The third-order valence-corrected chi connectivity index (χ3v) is 4.62. The zero-order valence-corrected chi connectivity index (χ0v) is 11.3. The summed E-state index contributed by atoms with van der Waals surface area (Å²) in [5.41, 5.74) is 1.17. The molecule has 1 aromatic rings. The topological polar surface area (TPSA) is 24.9 Å². The van der Waals surface area contributed by atoms with Gasteiger partial charge < -0.3 is 5.32 Å². The van der Waals surface area contributed by atoms with Crippen molar-refractivity contribution in [2.24, 2.45) is 11.8 Å². The smallest absolute Gasteiger partial charge is 0.0570 e. The van der Waals surface area contributed by atoms with Crippen molar-refractivity contribution in [1.82, 2.24) is 10.3 Å². The Morgan fingerprint density at radius 1 is 1.17 bits per heavy atom. The van der Waals surface area contributed by atoms with Crippen LogP contribution >= 0.6 is 0 Å². The second-order valence-electron chi connectivity index (χ2n) is 6.10. The van der Waals surface area contributed by atoms with Gasteiger partial charge in [-0.25, -0.2) is 0 Å². The molecule has 0 saturated heterocycles. The molecule has 98 valence electrons. The van der Waals surface area contributed by atoms with E-state index in [2.05, 4.69) is 29.4 Å². The first kappa shape index (κ1) is 12.2. The highest BCUT2D eigenvalue weighted by molar-refractivity contribution is 5.08. The highest BCUT2D eigenvalue weighted by Crippen LogP contribution is 2.44. The second kappa shape index (κ2) is 5.40. The third kappa shape index (κ3) is 2.92. The molecule has 0 radical (unpaired) electrons. The van der Waals surface area contributed by atoms with Crippen LogP contribution in [0.2, 0.25) is 0 Å². The van der Waals surface area contributed by atoms with Crippen molar-refractivity contribution in [3.8, 4) is 0 Å². The van der Waals surface area contributed by atoms with Gasteiger partial charge in [0.1, 0.15) is 0 Å². The lowest BCUT2D eigenvalue weighted by Crippen LogP contribution is -2.36. The summed E-state index contributed by atoms with van der Waals surface area (Å²) >= 11 is 0. The van der Waals surface area contributed by atoms with Gasteiger partial charge >= 0.3 is 0 Å². The molecule has 2 aliphatic rings. The van der Waals surface area contributed by atoms with Crippen LogP contribution in [0, 0.1) is 11.8 Å². The summed E-state index contributed by atoms with van der Waals surface area (Å²) in [7, 11) is 0. The van der Waals surface area contributed by atoms with E-state index in [4.69, 9.17) is 0 Å². The molecule has 3 rings (SSSR count). The van der Waals surface area contributed by atoms with E-state index in [1.54, 1.807) is 0 Å². The fraction of sp³-hybridized carbons (Fsp3) is 0.688. The van der Waals surface area contributed by atoms with Crippen molar-refractivity contribution in [1.29, 1.82) is 0 Å². The lowest BCUT2D eigenvalue weighted by molar-refractivity contribution is 0.248. The molecule has 2 saturated carbocycles. The number of nitrogens with one attached hydrogen (secondary N) is 1. The molecule has 18 heavy (non-hydrogen) atoms. The molecule has 0 aromatic carbocycles. The van der Waals surface area contributed by atoms with Gasteiger partial charge in [-0.3, -0.25) is 4.98 Å².